The van der Waals surface area contributed by atoms with Crippen molar-refractivity contribution in [2.24, 2.45) is 0 Å². The molecule has 2 heterocycles. The number of nitrogens with zero attached hydrogens (tertiary/aromatic N) is 3. The van der Waals surface area contributed by atoms with Gasteiger partial charge in [-0.25, -0.2) is 4.98 Å². The zero-order valence-corrected chi connectivity index (χ0v) is 12.7. The van der Waals surface area contributed by atoms with E-state index < -0.39 is 0 Å². The van der Waals surface area contributed by atoms with Gasteiger partial charge in [0.25, 0.3) is 0 Å². The standard InChI is InChI=1S/C17H18N4O/c1-12-6-5-9-18-15(12)10-19-17(22)13(2)21-11-20-14-7-3-4-8-16(14)21/h3-9,11,13H,10H2,1-2H3,(H,19,22). The molecule has 1 N–H and O–H groups in total. The summed E-state index contributed by atoms with van der Waals surface area (Å²) in [5, 5.41) is 2.94. The van der Waals surface area contributed by atoms with Gasteiger partial charge in [-0.1, -0.05) is 18.2 Å². The lowest BCUT2D eigenvalue weighted by atomic mass is 10.2. The van der Waals surface area contributed by atoms with Gasteiger partial charge in [-0.3, -0.25) is 9.78 Å². The summed E-state index contributed by atoms with van der Waals surface area (Å²) < 4.78 is 1.88. The lowest BCUT2D eigenvalue weighted by molar-refractivity contribution is -0.123. The number of carbonyl (C=O) groups excluding carboxylic acids is 1. The second kappa shape index (κ2) is 5.97. The molecule has 3 rings (SSSR count). The third-order valence-corrected chi connectivity index (χ3v) is 3.83. The van der Waals surface area contributed by atoms with Crippen LogP contribution in [0.15, 0.2) is 48.9 Å². The molecule has 112 valence electrons. The number of fused-ring (bicyclic) bond motifs is 1. The minimum Gasteiger partial charge on any atom is -0.349 e. The van der Waals surface area contributed by atoms with Gasteiger partial charge in [0.1, 0.15) is 6.04 Å². The highest BCUT2D eigenvalue weighted by molar-refractivity contribution is 5.83. The second-order valence-electron chi connectivity index (χ2n) is 5.30. The van der Waals surface area contributed by atoms with Gasteiger partial charge in [-0.15, -0.1) is 0 Å². The van der Waals surface area contributed by atoms with E-state index in [2.05, 4.69) is 15.3 Å². The number of imidazole rings is 1. The molecule has 3 aromatic rings. The number of amides is 1. The van der Waals surface area contributed by atoms with Crippen LogP contribution in [0.5, 0.6) is 0 Å². The maximum atomic E-state index is 12.4. The third kappa shape index (κ3) is 2.70. The van der Waals surface area contributed by atoms with Crippen molar-refractivity contribution < 1.29 is 4.79 Å². The lowest BCUT2D eigenvalue weighted by Gasteiger charge is -2.15. The molecular weight excluding hydrogens is 276 g/mol. The minimum atomic E-state index is -0.323. The first-order valence-electron chi connectivity index (χ1n) is 7.26. The van der Waals surface area contributed by atoms with Crippen molar-refractivity contribution in [2.75, 3.05) is 0 Å². The quantitative estimate of drug-likeness (QED) is 0.804. The average Bonchev–Trinajstić information content (AvgIpc) is 2.97. The van der Waals surface area contributed by atoms with Gasteiger partial charge in [-0.2, -0.15) is 0 Å². The van der Waals surface area contributed by atoms with Gasteiger partial charge in [0.05, 0.1) is 29.6 Å². The van der Waals surface area contributed by atoms with E-state index in [1.165, 1.54) is 0 Å². The van der Waals surface area contributed by atoms with Gasteiger partial charge in [0.15, 0.2) is 0 Å². The first-order valence-corrected chi connectivity index (χ1v) is 7.26. The summed E-state index contributed by atoms with van der Waals surface area (Å²) in [6, 6.07) is 11.3. The van der Waals surface area contributed by atoms with E-state index in [1.54, 1.807) is 12.5 Å². The van der Waals surface area contributed by atoms with Crippen LogP contribution >= 0.6 is 0 Å². The number of nitrogens with one attached hydrogen (secondary N) is 1. The van der Waals surface area contributed by atoms with Crippen molar-refractivity contribution >= 4 is 16.9 Å². The summed E-state index contributed by atoms with van der Waals surface area (Å²) in [7, 11) is 0. The molecule has 0 aliphatic carbocycles. The molecule has 5 heteroatoms. The Hall–Kier alpha value is -2.69. The van der Waals surface area contributed by atoms with E-state index >= 15 is 0 Å². The minimum absolute atomic E-state index is 0.0480. The number of hydrogen-bond donors (Lipinski definition) is 1. The molecule has 1 aromatic carbocycles. The molecule has 0 spiro atoms. The number of benzene rings is 1. The molecular formula is C17H18N4O. The average molecular weight is 294 g/mol. The Bertz CT molecular complexity index is 809. The molecule has 22 heavy (non-hydrogen) atoms. The zero-order chi connectivity index (χ0) is 15.5. The predicted octanol–water partition coefficient (Wildman–Crippen LogP) is 2.62. The number of para-hydroxylation sites is 2. The SMILES string of the molecule is Cc1cccnc1CNC(=O)C(C)n1cnc2ccccc21. The van der Waals surface area contributed by atoms with Gasteiger partial charge in [0, 0.05) is 6.20 Å². The number of rotatable bonds is 4. The molecule has 1 atom stereocenters. The lowest BCUT2D eigenvalue weighted by Crippen LogP contribution is -2.30. The highest BCUT2D eigenvalue weighted by atomic mass is 16.2. The van der Waals surface area contributed by atoms with Crippen molar-refractivity contribution in [3.8, 4) is 0 Å². The molecule has 0 aliphatic heterocycles. The maximum Gasteiger partial charge on any atom is 0.243 e. The molecule has 0 saturated carbocycles. The van der Waals surface area contributed by atoms with Crippen molar-refractivity contribution in [2.45, 2.75) is 26.4 Å². The molecule has 0 bridgehead atoms. The Morgan fingerprint density at radius 3 is 2.86 bits per heavy atom. The summed E-state index contributed by atoms with van der Waals surface area (Å²) in [6.45, 7) is 4.29. The van der Waals surface area contributed by atoms with Crippen molar-refractivity contribution in [3.63, 3.8) is 0 Å². The number of carbonyl (C=O) groups is 1. The molecule has 1 unspecified atom stereocenters. The van der Waals surface area contributed by atoms with E-state index in [-0.39, 0.29) is 11.9 Å². The maximum absolute atomic E-state index is 12.4. The van der Waals surface area contributed by atoms with Crippen LogP contribution in [0.4, 0.5) is 0 Å². The molecule has 1 amide bonds. The van der Waals surface area contributed by atoms with Crippen LogP contribution in [0.1, 0.15) is 24.2 Å². The van der Waals surface area contributed by atoms with Crippen LogP contribution in [0.25, 0.3) is 11.0 Å². The predicted molar refractivity (Wildman–Crippen MR) is 85.3 cm³/mol. The highest BCUT2D eigenvalue weighted by Gasteiger charge is 2.17. The van der Waals surface area contributed by atoms with Crippen molar-refractivity contribution in [1.29, 1.82) is 0 Å². The Morgan fingerprint density at radius 2 is 2.05 bits per heavy atom. The Kier molecular flexibility index (Phi) is 3.87. The van der Waals surface area contributed by atoms with Crippen LogP contribution in [0.2, 0.25) is 0 Å². The van der Waals surface area contributed by atoms with Crippen LogP contribution in [-0.4, -0.2) is 20.4 Å². The smallest absolute Gasteiger partial charge is 0.243 e. The third-order valence-electron chi connectivity index (χ3n) is 3.83. The second-order valence-corrected chi connectivity index (χ2v) is 5.30. The normalized spacial score (nSPS) is 12.3. The fraction of sp³-hybridized carbons (Fsp3) is 0.235. The molecule has 0 fully saturated rings. The molecule has 0 aliphatic rings. The fourth-order valence-corrected chi connectivity index (χ4v) is 2.44. The van der Waals surface area contributed by atoms with Crippen molar-refractivity contribution in [1.82, 2.24) is 19.9 Å². The number of hydrogen-bond acceptors (Lipinski definition) is 3. The Morgan fingerprint density at radius 1 is 1.23 bits per heavy atom. The van der Waals surface area contributed by atoms with Crippen LogP contribution in [0, 0.1) is 6.92 Å². The largest absolute Gasteiger partial charge is 0.349 e. The first-order chi connectivity index (χ1) is 10.7. The summed E-state index contributed by atoms with van der Waals surface area (Å²) in [5.41, 5.74) is 3.81. The first kappa shape index (κ1) is 14.3. The molecule has 0 radical (unpaired) electrons. The van der Waals surface area contributed by atoms with Crippen LogP contribution < -0.4 is 5.32 Å². The number of aryl methyl sites for hydroxylation is 1. The van der Waals surface area contributed by atoms with E-state index in [4.69, 9.17) is 0 Å². The number of aromatic nitrogens is 3. The summed E-state index contributed by atoms with van der Waals surface area (Å²) in [6.07, 6.45) is 3.45. The van der Waals surface area contributed by atoms with Crippen molar-refractivity contribution in [3.05, 3.63) is 60.2 Å². The Labute approximate surface area is 129 Å². The Balaban J connectivity index is 1.73. The van der Waals surface area contributed by atoms with E-state index in [1.807, 2.05) is 54.8 Å². The van der Waals surface area contributed by atoms with E-state index in [0.717, 1.165) is 22.3 Å². The number of pyridine rings is 1. The molecule has 5 nitrogen and oxygen atoms in total. The summed E-state index contributed by atoms with van der Waals surface area (Å²) in [4.78, 5) is 21.0. The monoisotopic (exact) mass is 294 g/mol. The topological polar surface area (TPSA) is 59.8 Å². The summed E-state index contributed by atoms with van der Waals surface area (Å²) in [5.74, 6) is -0.0480. The molecule has 0 saturated heterocycles. The molecule has 2 aromatic heterocycles. The van der Waals surface area contributed by atoms with Gasteiger partial charge >= 0.3 is 0 Å². The highest BCUT2D eigenvalue weighted by Crippen LogP contribution is 2.17. The van der Waals surface area contributed by atoms with Gasteiger partial charge in [-0.05, 0) is 37.6 Å². The van der Waals surface area contributed by atoms with Gasteiger partial charge in [0.2, 0.25) is 5.91 Å². The van der Waals surface area contributed by atoms with Gasteiger partial charge < -0.3 is 9.88 Å². The fourth-order valence-electron chi connectivity index (χ4n) is 2.44. The van der Waals surface area contributed by atoms with E-state index in [0.29, 0.717) is 6.54 Å². The van der Waals surface area contributed by atoms with Crippen LogP contribution in [0.3, 0.4) is 0 Å². The van der Waals surface area contributed by atoms with Crippen LogP contribution in [-0.2, 0) is 11.3 Å². The summed E-state index contributed by atoms with van der Waals surface area (Å²) >= 11 is 0. The van der Waals surface area contributed by atoms with E-state index in [9.17, 15) is 4.79 Å². The zero-order valence-electron chi connectivity index (χ0n) is 12.7.